The van der Waals surface area contributed by atoms with Gasteiger partial charge in [0.1, 0.15) is 19.8 Å². The molecule has 0 aliphatic heterocycles. The number of allylic oxidation sites excluding steroid dienone is 14. The summed E-state index contributed by atoms with van der Waals surface area (Å²) >= 11 is 0. The predicted molar refractivity (Wildman–Crippen MR) is 385 cm³/mol. The van der Waals surface area contributed by atoms with E-state index >= 15 is 0 Å². The van der Waals surface area contributed by atoms with Crippen LogP contribution in [0.25, 0.3) is 0 Å². The minimum Gasteiger partial charge on any atom is -0.462 e. The zero-order chi connectivity index (χ0) is 64.8. The first kappa shape index (κ1) is 86.2. The zero-order valence-corrected chi connectivity index (χ0v) is 60.1. The molecule has 1 N–H and O–H groups in total. The monoisotopic (exact) mass is 1270 g/mol. The summed E-state index contributed by atoms with van der Waals surface area (Å²) < 4.78 is 34.7. The maximum absolute atomic E-state index is 12.9. The summed E-state index contributed by atoms with van der Waals surface area (Å²) in [5, 5.41) is 0. The highest BCUT2D eigenvalue weighted by atomic mass is 31.2. The van der Waals surface area contributed by atoms with Crippen LogP contribution in [0.1, 0.15) is 354 Å². The highest BCUT2D eigenvalue weighted by molar-refractivity contribution is 7.47. The molecule has 10 heteroatoms. The molecule has 9 nitrogen and oxygen atoms in total. The van der Waals surface area contributed by atoms with Crippen molar-refractivity contribution in [2.45, 2.75) is 360 Å². The highest BCUT2D eigenvalue weighted by Gasteiger charge is 2.27. The third kappa shape index (κ3) is 74.1. The van der Waals surface area contributed by atoms with Crippen molar-refractivity contribution >= 4 is 19.8 Å². The van der Waals surface area contributed by atoms with Crippen molar-refractivity contribution in [1.82, 2.24) is 0 Å². The van der Waals surface area contributed by atoms with E-state index in [0.717, 1.165) is 83.5 Å². The van der Waals surface area contributed by atoms with Gasteiger partial charge in [0.15, 0.2) is 6.10 Å². The number of ether oxygens (including phenoxy) is 2. The SMILES string of the molecule is CC/C=C\C/C=C\C/C=C\C/C=C\C/C=C\C/C=C\C/C=C\CCCCCC(=O)OC(COC(=O)CCCCCCCCCCCCCCCCCCCCCCCCCCCCCCCCCCCCCCCCCC)COP(=O)(O)OCC[N+](C)(C)C. The molecule has 0 aromatic carbocycles. The molecule has 0 bridgehead atoms. The molecule has 0 aliphatic carbocycles. The van der Waals surface area contributed by atoms with Crippen LogP contribution in [0.4, 0.5) is 0 Å². The second-order valence-electron chi connectivity index (χ2n) is 26.7. The Kier molecular flexibility index (Phi) is 67.3. The summed E-state index contributed by atoms with van der Waals surface area (Å²) in [6, 6.07) is 0. The first-order valence-electron chi connectivity index (χ1n) is 37.8. The molecule has 0 aromatic rings. The number of quaternary nitrogens is 1. The average Bonchev–Trinajstić information content (AvgIpc) is 3.60. The van der Waals surface area contributed by atoms with Gasteiger partial charge in [-0.1, -0.05) is 356 Å². The third-order valence-corrected chi connectivity index (χ3v) is 17.7. The molecule has 0 radical (unpaired) electrons. The van der Waals surface area contributed by atoms with Crippen LogP contribution in [-0.4, -0.2) is 74.9 Å². The van der Waals surface area contributed by atoms with Crippen molar-refractivity contribution < 1.29 is 42.1 Å². The second-order valence-corrected chi connectivity index (χ2v) is 28.1. The van der Waals surface area contributed by atoms with Crippen molar-refractivity contribution in [2.24, 2.45) is 0 Å². The van der Waals surface area contributed by atoms with E-state index in [-0.39, 0.29) is 32.0 Å². The molecular weight excluding hydrogens is 1120 g/mol. The molecule has 0 saturated heterocycles. The van der Waals surface area contributed by atoms with Crippen molar-refractivity contribution in [3.05, 3.63) is 85.1 Å². The average molecular weight is 1270 g/mol. The normalized spacial score (nSPS) is 13.6. The number of likely N-dealkylation sites (N-methyl/N-ethyl adjacent to an activating group) is 1. The van der Waals surface area contributed by atoms with Crippen LogP contribution in [0.2, 0.25) is 0 Å². The largest absolute Gasteiger partial charge is 0.472 e. The molecule has 0 rings (SSSR count). The lowest BCUT2D eigenvalue weighted by atomic mass is 10.0. The van der Waals surface area contributed by atoms with Gasteiger partial charge in [0.25, 0.3) is 0 Å². The van der Waals surface area contributed by atoms with Crippen LogP contribution in [0.15, 0.2) is 85.1 Å². The fraction of sp³-hybridized carbons (Fsp3) is 0.797. The second kappa shape index (κ2) is 69.5. The smallest absolute Gasteiger partial charge is 0.462 e. The third-order valence-electron chi connectivity index (χ3n) is 16.7. The van der Waals surface area contributed by atoms with Crippen LogP contribution in [0, 0.1) is 0 Å². The van der Waals surface area contributed by atoms with Gasteiger partial charge in [0.2, 0.25) is 0 Å². The number of hydrogen-bond acceptors (Lipinski definition) is 7. The zero-order valence-electron chi connectivity index (χ0n) is 59.2. The topological polar surface area (TPSA) is 108 Å². The Morgan fingerprint density at radius 2 is 0.640 bits per heavy atom. The quantitative estimate of drug-likeness (QED) is 0.0211. The molecule has 0 fully saturated rings. The van der Waals surface area contributed by atoms with E-state index in [4.69, 9.17) is 18.5 Å². The molecule has 0 saturated carbocycles. The van der Waals surface area contributed by atoms with Crippen molar-refractivity contribution in [3.63, 3.8) is 0 Å². The summed E-state index contributed by atoms with van der Waals surface area (Å²) in [6.45, 7) is 4.32. The molecule has 0 heterocycles. The van der Waals surface area contributed by atoms with Gasteiger partial charge >= 0.3 is 19.8 Å². The minimum absolute atomic E-state index is 0.0220. The molecule has 0 aliphatic rings. The van der Waals surface area contributed by atoms with Gasteiger partial charge in [0, 0.05) is 12.8 Å². The van der Waals surface area contributed by atoms with Crippen LogP contribution >= 0.6 is 7.82 Å². The summed E-state index contributed by atoms with van der Waals surface area (Å²) in [5.41, 5.74) is 0. The van der Waals surface area contributed by atoms with E-state index in [2.05, 4.69) is 98.9 Å². The van der Waals surface area contributed by atoms with E-state index in [1.54, 1.807) is 0 Å². The number of unbranched alkanes of at least 4 members (excludes halogenated alkanes) is 42. The summed E-state index contributed by atoms with van der Waals surface area (Å²) in [5.74, 6) is -0.827. The van der Waals surface area contributed by atoms with Gasteiger partial charge in [-0.2, -0.15) is 0 Å². The fourth-order valence-corrected chi connectivity index (χ4v) is 11.7. The van der Waals surface area contributed by atoms with Gasteiger partial charge in [0.05, 0.1) is 27.7 Å². The summed E-state index contributed by atoms with van der Waals surface area (Å²) in [4.78, 5) is 35.9. The Morgan fingerprint density at radius 1 is 0.360 bits per heavy atom. The van der Waals surface area contributed by atoms with E-state index in [1.165, 1.54) is 238 Å². The van der Waals surface area contributed by atoms with Gasteiger partial charge in [-0.3, -0.25) is 18.6 Å². The molecule has 2 atom stereocenters. The first-order valence-corrected chi connectivity index (χ1v) is 39.3. The Balaban J connectivity index is 3.95. The van der Waals surface area contributed by atoms with E-state index in [1.807, 2.05) is 21.1 Å². The van der Waals surface area contributed by atoms with Crippen LogP contribution in [0.5, 0.6) is 0 Å². The van der Waals surface area contributed by atoms with Gasteiger partial charge in [-0.15, -0.1) is 0 Å². The van der Waals surface area contributed by atoms with Crippen LogP contribution in [0.3, 0.4) is 0 Å². The molecule has 518 valence electrons. The van der Waals surface area contributed by atoms with Crippen molar-refractivity contribution in [2.75, 3.05) is 47.5 Å². The number of carbonyl (C=O) groups is 2. The lowest BCUT2D eigenvalue weighted by molar-refractivity contribution is -0.870. The number of esters is 2. The Hall–Kier alpha value is -2.81. The fourth-order valence-electron chi connectivity index (χ4n) is 10.9. The van der Waals surface area contributed by atoms with Crippen LogP contribution < -0.4 is 0 Å². The van der Waals surface area contributed by atoms with Crippen molar-refractivity contribution in [1.29, 1.82) is 0 Å². The first-order chi connectivity index (χ1) is 43.5. The number of phosphoric ester groups is 1. The van der Waals surface area contributed by atoms with Crippen LogP contribution in [-0.2, 0) is 32.7 Å². The maximum Gasteiger partial charge on any atom is 0.472 e. The Labute approximate surface area is 551 Å². The van der Waals surface area contributed by atoms with E-state index in [0.29, 0.717) is 17.4 Å². The molecule has 0 aromatic heterocycles. The van der Waals surface area contributed by atoms with Gasteiger partial charge in [-0.25, -0.2) is 4.57 Å². The molecule has 2 unspecified atom stereocenters. The molecule has 89 heavy (non-hydrogen) atoms. The Morgan fingerprint density at radius 3 is 0.955 bits per heavy atom. The standard InChI is InChI=1S/C79H144NO8P/c1-6-8-10-12-14-16-18-20-22-24-26-28-30-32-33-34-35-36-37-38-39-40-41-42-43-44-45-46-48-49-51-53-55-57-59-61-63-65-67-69-71-78(81)85-75-77(76-87-89(83,84)86-74-73-80(3,4)5)88-79(82)72-70-68-66-64-62-60-58-56-54-52-50-47-31-29-27-25-23-21-19-17-15-13-11-9-7-2/h9,11,15,17,21,23,27,29,47,50,54,56,60,62,77H,6-8,10,12-14,16,18-20,22,24-26,28,30-46,48-49,51-53,55,57-59,61,63-76H2,1-5H3/p+1/b11-9-,17-15-,23-21-,29-27-,50-47-,56-54-,62-60-. The Bertz CT molecular complexity index is 1780. The number of phosphoric acid groups is 1. The van der Waals surface area contributed by atoms with E-state index < -0.39 is 26.5 Å². The lowest BCUT2D eigenvalue weighted by Gasteiger charge is -2.24. The van der Waals surface area contributed by atoms with E-state index in [9.17, 15) is 19.0 Å². The molecular formula is C79H145NO8P+. The van der Waals surface area contributed by atoms with Gasteiger partial charge in [-0.05, 0) is 70.6 Å². The predicted octanol–water partition coefficient (Wildman–Crippen LogP) is 24.9. The summed E-state index contributed by atoms with van der Waals surface area (Å²) in [7, 11) is 1.46. The number of carbonyl (C=O) groups excluding carboxylic acids is 2. The minimum atomic E-state index is -4.41. The molecule has 0 amide bonds. The van der Waals surface area contributed by atoms with Crippen molar-refractivity contribution in [3.8, 4) is 0 Å². The van der Waals surface area contributed by atoms with Gasteiger partial charge < -0.3 is 18.9 Å². The number of nitrogens with zero attached hydrogens (tertiary/aromatic N) is 1. The highest BCUT2D eigenvalue weighted by Crippen LogP contribution is 2.43. The molecule has 0 spiro atoms. The summed E-state index contributed by atoms with van der Waals surface area (Å²) in [6.07, 6.45) is 96.0. The lowest BCUT2D eigenvalue weighted by Crippen LogP contribution is -2.37. The number of rotatable bonds is 70. The number of hydrogen-bond donors (Lipinski definition) is 1. The maximum atomic E-state index is 12.9.